The second-order valence-electron chi connectivity index (χ2n) is 12.3. The first-order chi connectivity index (χ1) is 22.2. The number of rotatable bonds is 8. The van der Waals surface area contributed by atoms with Gasteiger partial charge in [0.05, 0.1) is 28.8 Å². The zero-order valence-corrected chi connectivity index (χ0v) is 26.3. The van der Waals surface area contributed by atoms with Gasteiger partial charge in [0, 0.05) is 40.2 Å². The van der Waals surface area contributed by atoms with Gasteiger partial charge >= 0.3 is 0 Å². The van der Waals surface area contributed by atoms with Crippen molar-refractivity contribution in [1.29, 1.82) is 0 Å². The van der Waals surface area contributed by atoms with E-state index in [0.717, 1.165) is 75.6 Å². The molecule has 0 atom stereocenters. The minimum absolute atomic E-state index is 0.0436. The summed E-state index contributed by atoms with van der Waals surface area (Å²) >= 11 is 0. The van der Waals surface area contributed by atoms with Gasteiger partial charge in [-0.3, -0.25) is 14.9 Å². The van der Waals surface area contributed by atoms with Gasteiger partial charge in [-0.25, -0.2) is 12.8 Å². The molecule has 234 valence electrons. The van der Waals surface area contributed by atoms with E-state index in [0.29, 0.717) is 16.8 Å². The molecule has 0 aliphatic heterocycles. The van der Waals surface area contributed by atoms with Gasteiger partial charge in [-0.2, -0.15) is 5.10 Å². The van der Waals surface area contributed by atoms with Crippen LogP contribution in [0.4, 0.5) is 10.1 Å². The Morgan fingerprint density at radius 3 is 2.59 bits per heavy atom. The number of H-pyrrole nitrogens is 2. The highest BCUT2D eigenvalue weighted by Gasteiger charge is 2.21. The smallest absolute Gasteiger partial charge is 0.227 e. The number of aromatic amines is 2. The van der Waals surface area contributed by atoms with Gasteiger partial charge in [0.1, 0.15) is 21.3 Å². The summed E-state index contributed by atoms with van der Waals surface area (Å²) in [6.45, 7) is 0. The van der Waals surface area contributed by atoms with Crippen LogP contribution >= 0.6 is 0 Å². The molecule has 0 radical (unpaired) electrons. The molecule has 1 fully saturated rings. The first-order valence-corrected chi connectivity index (χ1v) is 17.6. The standard InChI is InChI=1S/C36H34FN5O3S/c1-46(44,45)13-12-22-14-25(16-27(37)15-22)29-8-5-9-32-30(29)19-34(40-32)35-31-18-24(10-11-33(31)41-42-35)26-17-28(21-38-20-26)39-36(43)23-6-3-2-4-7-23/h5,8-11,14-21,23,40H,2-4,6-7,12-13H2,1H3,(H,39,43)(H,41,42). The highest BCUT2D eigenvalue weighted by Crippen LogP contribution is 2.36. The van der Waals surface area contributed by atoms with Crippen LogP contribution in [0, 0.1) is 11.7 Å². The number of sulfone groups is 1. The lowest BCUT2D eigenvalue weighted by atomic mass is 9.88. The fourth-order valence-electron chi connectivity index (χ4n) is 6.46. The van der Waals surface area contributed by atoms with E-state index in [-0.39, 0.29) is 24.0 Å². The highest BCUT2D eigenvalue weighted by atomic mass is 32.2. The van der Waals surface area contributed by atoms with Crippen molar-refractivity contribution in [2.75, 3.05) is 17.3 Å². The van der Waals surface area contributed by atoms with Crippen LogP contribution in [0.25, 0.3) is 55.4 Å². The van der Waals surface area contributed by atoms with Crippen molar-refractivity contribution in [3.05, 3.63) is 90.5 Å². The summed E-state index contributed by atoms with van der Waals surface area (Å²) in [4.78, 5) is 20.7. The fraction of sp³-hybridized carbons (Fsp3) is 0.250. The van der Waals surface area contributed by atoms with E-state index in [9.17, 15) is 17.6 Å². The van der Waals surface area contributed by atoms with Crippen LogP contribution in [0.1, 0.15) is 37.7 Å². The summed E-state index contributed by atoms with van der Waals surface area (Å²) < 4.78 is 38.1. The monoisotopic (exact) mass is 635 g/mol. The van der Waals surface area contributed by atoms with E-state index in [1.54, 1.807) is 12.4 Å². The minimum Gasteiger partial charge on any atom is -0.353 e. The predicted octanol–water partition coefficient (Wildman–Crippen LogP) is 7.69. The summed E-state index contributed by atoms with van der Waals surface area (Å²) in [5.74, 6) is -0.334. The van der Waals surface area contributed by atoms with Crippen LogP contribution in [0.2, 0.25) is 0 Å². The number of hydrogen-bond donors (Lipinski definition) is 3. The zero-order chi connectivity index (χ0) is 31.8. The highest BCUT2D eigenvalue weighted by molar-refractivity contribution is 7.90. The number of anilines is 1. The van der Waals surface area contributed by atoms with Crippen molar-refractivity contribution < 1.29 is 17.6 Å². The van der Waals surface area contributed by atoms with Crippen LogP contribution in [0.3, 0.4) is 0 Å². The second kappa shape index (κ2) is 12.2. The molecular formula is C36H34FN5O3S. The van der Waals surface area contributed by atoms with Crippen molar-refractivity contribution in [3.63, 3.8) is 0 Å². The predicted molar refractivity (Wildman–Crippen MR) is 181 cm³/mol. The average molecular weight is 636 g/mol. The van der Waals surface area contributed by atoms with Gasteiger partial charge in [0.25, 0.3) is 0 Å². The third-order valence-corrected chi connectivity index (χ3v) is 9.77. The number of nitrogens with one attached hydrogen (secondary N) is 3. The Labute approximate surface area is 266 Å². The van der Waals surface area contributed by atoms with E-state index in [1.165, 1.54) is 24.8 Å². The largest absolute Gasteiger partial charge is 0.353 e. The number of nitrogens with zero attached hydrogens (tertiary/aromatic N) is 2. The molecule has 6 aromatic rings. The van der Waals surface area contributed by atoms with Crippen LogP contribution in [-0.2, 0) is 21.1 Å². The van der Waals surface area contributed by atoms with E-state index in [2.05, 4.69) is 31.5 Å². The molecule has 3 heterocycles. The molecule has 1 aliphatic carbocycles. The first kappa shape index (κ1) is 29.9. The van der Waals surface area contributed by atoms with Crippen molar-refractivity contribution in [2.45, 2.75) is 38.5 Å². The summed E-state index contributed by atoms with van der Waals surface area (Å²) in [5.41, 5.74) is 7.91. The van der Waals surface area contributed by atoms with Crippen molar-refractivity contribution >= 4 is 43.2 Å². The van der Waals surface area contributed by atoms with E-state index >= 15 is 0 Å². The van der Waals surface area contributed by atoms with Gasteiger partial charge in [0.2, 0.25) is 5.91 Å². The third kappa shape index (κ3) is 6.30. The lowest BCUT2D eigenvalue weighted by molar-refractivity contribution is -0.120. The molecular weight excluding hydrogens is 601 g/mol. The fourth-order valence-corrected chi connectivity index (χ4v) is 7.07. The molecule has 8 nitrogen and oxygen atoms in total. The van der Waals surface area contributed by atoms with Crippen LogP contribution in [0.5, 0.6) is 0 Å². The molecule has 3 aromatic heterocycles. The number of hydrogen-bond acceptors (Lipinski definition) is 5. The third-order valence-electron chi connectivity index (χ3n) is 8.83. The molecule has 1 aliphatic rings. The van der Waals surface area contributed by atoms with Crippen LogP contribution < -0.4 is 5.32 Å². The maximum absolute atomic E-state index is 14.7. The molecule has 46 heavy (non-hydrogen) atoms. The molecule has 1 saturated carbocycles. The Hall–Kier alpha value is -4.83. The van der Waals surface area contributed by atoms with Gasteiger partial charge in [0.15, 0.2) is 0 Å². The second-order valence-corrected chi connectivity index (χ2v) is 14.6. The SMILES string of the molecule is CS(=O)(=O)CCc1cc(F)cc(-c2cccc3[nH]c(-c4n[nH]c5ccc(-c6cncc(NC(=O)C7CCCCC7)c6)cc45)cc23)c1. The molecule has 10 heteroatoms. The Kier molecular flexibility index (Phi) is 7.90. The molecule has 1 amide bonds. The summed E-state index contributed by atoms with van der Waals surface area (Å²) in [7, 11) is -3.18. The molecule has 0 spiro atoms. The maximum Gasteiger partial charge on any atom is 0.227 e. The number of aromatic nitrogens is 4. The number of halogens is 1. The zero-order valence-electron chi connectivity index (χ0n) is 25.4. The maximum atomic E-state index is 14.7. The molecule has 3 aromatic carbocycles. The molecule has 3 N–H and O–H groups in total. The van der Waals surface area contributed by atoms with Gasteiger partial charge < -0.3 is 10.3 Å². The van der Waals surface area contributed by atoms with Gasteiger partial charge in [-0.1, -0.05) is 43.5 Å². The lowest BCUT2D eigenvalue weighted by Crippen LogP contribution is -2.24. The Bertz CT molecular complexity index is 2200. The number of carbonyl (C=O) groups is 1. The lowest BCUT2D eigenvalue weighted by Gasteiger charge is -2.20. The number of aryl methyl sites for hydroxylation is 1. The summed E-state index contributed by atoms with van der Waals surface area (Å²) in [6, 6.07) is 20.5. The summed E-state index contributed by atoms with van der Waals surface area (Å²) in [5, 5.41) is 12.6. The van der Waals surface area contributed by atoms with Crippen molar-refractivity contribution in [3.8, 4) is 33.6 Å². The first-order valence-electron chi connectivity index (χ1n) is 15.5. The number of pyridine rings is 1. The quantitative estimate of drug-likeness (QED) is 0.158. The van der Waals surface area contributed by atoms with Gasteiger partial charge in [-0.15, -0.1) is 0 Å². The molecule has 0 unspecified atom stereocenters. The van der Waals surface area contributed by atoms with Gasteiger partial charge in [-0.05, 0) is 84.0 Å². The van der Waals surface area contributed by atoms with Crippen LogP contribution in [-0.4, -0.2) is 46.5 Å². The number of amides is 1. The molecule has 0 saturated heterocycles. The van der Waals surface area contributed by atoms with Crippen molar-refractivity contribution in [1.82, 2.24) is 20.2 Å². The Balaban J connectivity index is 1.21. The molecule has 7 rings (SSSR count). The topological polar surface area (TPSA) is 121 Å². The Morgan fingerprint density at radius 1 is 0.913 bits per heavy atom. The van der Waals surface area contributed by atoms with E-state index in [4.69, 9.17) is 0 Å². The van der Waals surface area contributed by atoms with E-state index < -0.39 is 15.7 Å². The van der Waals surface area contributed by atoms with E-state index in [1.807, 2.05) is 48.5 Å². The van der Waals surface area contributed by atoms with Crippen LogP contribution in [0.15, 0.2) is 79.1 Å². The molecule has 0 bridgehead atoms. The number of benzene rings is 3. The minimum atomic E-state index is -3.18. The number of fused-ring (bicyclic) bond motifs is 2. The average Bonchev–Trinajstić information content (AvgIpc) is 3.68. The number of carbonyl (C=O) groups excluding carboxylic acids is 1. The summed E-state index contributed by atoms with van der Waals surface area (Å²) in [6.07, 6.45) is 10.2. The normalized spacial score (nSPS) is 14.2. The Morgan fingerprint density at radius 2 is 1.76 bits per heavy atom. The van der Waals surface area contributed by atoms with Crippen molar-refractivity contribution in [2.24, 2.45) is 5.92 Å².